The van der Waals surface area contributed by atoms with Gasteiger partial charge in [0.15, 0.2) is 0 Å². The predicted octanol–water partition coefficient (Wildman–Crippen LogP) is 3.87. The smallest absolute Gasteiger partial charge is 0.416 e. The van der Waals surface area contributed by atoms with Gasteiger partial charge in [-0.3, -0.25) is 4.72 Å². The molecule has 1 atom stereocenters. The first-order valence-electron chi connectivity index (χ1n) is 9.14. The zero-order chi connectivity index (χ0) is 21.9. The van der Waals surface area contributed by atoms with Crippen molar-refractivity contribution in [2.24, 2.45) is 0 Å². The first kappa shape index (κ1) is 20.5. The van der Waals surface area contributed by atoms with Crippen molar-refractivity contribution >= 4 is 21.7 Å². The predicted molar refractivity (Wildman–Crippen MR) is 102 cm³/mol. The minimum Gasteiger partial charge on any atom is -0.478 e. The van der Waals surface area contributed by atoms with Gasteiger partial charge in [0, 0.05) is 18.1 Å². The van der Waals surface area contributed by atoms with Crippen LogP contribution in [-0.2, 0) is 33.0 Å². The van der Waals surface area contributed by atoms with Crippen molar-refractivity contribution in [3.05, 3.63) is 58.7 Å². The van der Waals surface area contributed by atoms with E-state index in [9.17, 15) is 31.5 Å². The highest BCUT2D eigenvalue weighted by atomic mass is 32.2. The number of anilines is 1. The Hall–Kier alpha value is -2.75. The first-order chi connectivity index (χ1) is 13.9. The molecule has 0 amide bonds. The van der Waals surface area contributed by atoms with E-state index in [4.69, 9.17) is 4.74 Å². The maximum Gasteiger partial charge on any atom is 0.416 e. The van der Waals surface area contributed by atoms with Crippen molar-refractivity contribution in [2.45, 2.75) is 37.0 Å². The number of hydrogen-bond acceptors (Lipinski definition) is 4. The van der Waals surface area contributed by atoms with Gasteiger partial charge in [0.25, 0.3) is 0 Å². The zero-order valence-corrected chi connectivity index (χ0v) is 16.6. The molecule has 1 unspecified atom stereocenters. The largest absolute Gasteiger partial charge is 0.478 e. The van der Waals surface area contributed by atoms with Crippen molar-refractivity contribution in [3.63, 3.8) is 0 Å². The summed E-state index contributed by atoms with van der Waals surface area (Å²) in [5, 5.41) is 9.91. The molecule has 6 nitrogen and oxygen atoms in total. The molecule has 0 aromatic heterocycles. The van der Waals surface area contributed by atoms with Gasteiger partial charge in [-0.15, -0.1) is 0 Å². The molecule has 2 aromatic carbocycles. The second-order valence-electron chi connectivity index (χ2n) is 7.68. The maximum absolute atomic E-state index is 12.9. The summed E-state index contributed by atoms with van der Waals surface area (Å²) < 4.78 is 70.3. The number of carbonyl (C=O) groups is 1. The Bertz CT molecular complexity index is 1120. The van der Waals surface area contributed by atoms with E-state index in [1.807, 2.05) is 0 Å². The molecule has 30 heavy (non-hydrogen) atoms. The van der Waals surface area contributed by atoms with Crippen LogP contribution in [0, 0.1) is 0 Å². The summed E-state index contributed by atoms with van der Waals surface area (Å²) in [5.41, 5.74) is -1.05. The van der Waals surface area contributed by atoms with Crippen molar-refractivity contribution < 1.29 is 36.2 Å². The molecule has 1 saturated carbocycles. The van der Waals surface area contributed by atoms with Crippen molar-refractivity contribution in [3.8, 4) is 5.75 Å². The summed E-state index contributed by atoms with van der Waals surface area (Å²) in [6.07, 6.45) is -1.83. The molecule has 1 fully saturated rings. The van der Waals surface area contributed by atoms with E-state index in [1.165, 1.54) is 6.07 Å². The number of fused-ring (bicyclic) bond motifs is 1. The number of aliphatic carboxylic acids is 1. The molecular weight excluding hydrogens is 423 g/mol. The number of carboxylic acids is 1. The summed E-state index contributed by atoms with van der Waals surface area (Å²) in [5.74, 6) is -0.984. The zero-order valence-electron chi connectivity index (χ0n) is 15.8. The SMILES string of the molecule is CS(=O)(=O)Nc1cc2c(cc1C1CC1)CC(C(=O)O)(c1ccc(C(F)(F)F)cc1)O2. The van der Waals surface area contributed by atoms with Crippen LogP contribution in [-0.4, -0.2) is 25.7 Å². The Morgan fingerprint density at radius 1 is 1.20 bits per heavy atom. The minimum atomic E-state index is -4.54. The minimum absolute atomic E-state index is 0.0739. The number of rotatable bonds is 5. The molecule has 2 N–H and O–H groups in total. The third-order valence-corrected chi connectivity index (χ3v) is 5.88. The van der Waals surface area contributed by atoms with Gasteiger partial charge < -0.3 is 9.84 Å². The number of alkyl halides is 3. The van der Waals surface area contributed by atoms with Crippen LogP contribution in [0.3, 0.4) is 0 Å². The van der Waals surface area contributed by atoms with Gasteiger partial charge in [-0.05, 0) is 48.1 Å². The molecular formula is C20H18F3NO5S. The Morgan fingerprint density at radius 2 is 1.83 bits per heavy atom. The van der Waals surface area contributed by atoms with E-state index in [2.05, 4.69) is 4.72 Å². The second-order valence-corrected chi connectivity index (χ2v) is 9.43. The van der Waals surface area contributed by atoms with Gasteiger partial charge in [0.2, 0.25) is 15.6 Å². The monoisotopic (exact) mass is 441 g/mol. The number of carboxylic acid groups (broad SMARTS) is 1. The van der Waals surface area contributed by atoms with E-state index >= 15 is 0 Å². The van der Waals surface area contributed by atoms with Crippen molar-refractivity contribution in [1.29, 1.82) is 0 Å². The lowest BCUT2D eigenvalue weighted by atomic mass is 9.88. The first-order valence-corrected chi connectivity index (χ1v) is 11.0. The molecule has 0 radical (unpaired) electrons. The molecule has 4 rings (SSSR count). The van der Waals surface area contributed by atoms with Crippen molar-refractivity contribution in [2.75, 3.05) is 11.0 Å². The van der Waals surface area contributed by atoms with E-state index < -0.39 is 33.3 Å². The van der Waals surface area contributed by atoms with Crippen LogP contribution in [0.1, 0.15) is 41.0 Å². The Morgan fingerprint density at radius 3 is 2.33 bits per heavy atom. The van der Waals surface area contributed by atoms with Gasteiger partial charge in [0.05, 0.1) is 17.5 Å². The quantitative estimate of drug-likeness (QED) is 0.735. The topological polar surface area (TPSA) is 92.7 Å². The molecule has 1 aliphatic carbocycles. The molecule has 2 aromatic rings. The Kier molecular flexibility index (Phi) is 4.53. The van der Waals surface area contributed by atoms with Crippen LogP contribution < -0.4 is 9.46 Å². The van der Waals surface area contributed by atoms with Crippen LogP contribution >= 0.6 is 0 Å². The highest BCUT2D eigenvalue weighted by Crippen LogP contribution is 2.50. The van der Waals surface area contributed by atoms with Crippen LogP contribution in [0.15, 0.2) is 36.4 Å². The number of sulfonamides is 1. The molecule has 0 bridgehead atoms. The fourth-order valence-electron chi connectivity index (χ4n) is 3.72. The van der Waals surface area contributed by atoms with Gasteiger partial charge in [-0.2, -0.15) is 13.2 Å². The third kappa shape index (κ3) is 3.71. The lowest BCUT2D eigenvalue weighted by molar-refractivity contribution is -0.154. The summed E-state index contributed by atoms with van der Waals surface area (Å²) in [4.78, 5) is 12.2. The normalized spacial score (nSPS) is 21.1. The molecule has 0 spiro atoms. The number of hydrogen-bond donors (Lipinski definition) is 2. The van der Waals surface area contributed by atoms with Crippen LogP contribution in [0.4, 0.5) is 18.9 Å². The standard InChI is InChI=1S/C20H18F3NO5S/c1-30(27,28)24-16-9-17-12(8-15(16)11-2-3-11)10-19(29-17,18(25)26)13-4-6-14(7-5-13)20(21,22)23/h4-9,11,24H,2-3,10H2,1H3,(H,25,26). The third-order valence-electron chi connectivity index (χ3n) is 5.29. The number of halogens is 3. The molecule has 1 aliphatic heterocycles. The fourth-order valence-corrected chi connectivity index (χ4v) is 4.30. The van der Waals surface area contributed by atoms with Gasteiger partial charge in [0.1, 0.15) is 5.75 Å². The molecule has 0 saturated heterocycles. The summed E-state index contributed by atoms with van der Waals surface area (Å²) >= 11 is 0. The van der Waals surface area contributed by atoms with Gasteiger partial charge in [-0.1, -0.05) is 12.1 Å². The number of benzene rings is 2. The fraction of sp³-hybridized carbons (Fsp3) is 0.350. The average Bonchev–Trinajstić information content (AvgIpc) is 3.39. The van der Waals surface area contributed by atoms with Crippen LogP contribution in [0.5, 0.6) is 5.75 Å². The lowest BCUT2D eigenvalue weighted by Gasteiger charge is -2.25. The van der Waals surface area contributed by atoms with E-state index in [1.54, 1.807) is 6.07 Å². The van der Waals surface area contributed by atoms with E-state index in [-0.39, 0.29) is 23.7 Å². The summed E-state index contributed by atoms with van der Waals surface area (Å²) in [6.45, 7) is 0. The van der Waals surface area contributed by atoms with Gasteiger partial charge >= 0.3 is 12.1 Å². The highest BCUT2D eigenvalue weighted by Gasteiger charge is 2.49. The Labute approximate surface area is 170 Å². The van der Waals surface area contributed by atoms with Gasteiger partial charge in [-0.25, -0.2) is 13.2 Å². The number of ether oxygens (including phenoxy) is 1. The maximum atomic E-state index is 12.9. The van der Waals surface area contributed by atoms with Crippen LogP contribution in [0.2, 0.25) is 0 Å². The average molecular weight is 441 g/mol. The summed E-state index contributed by atoms with van der Waals surface area (Å²) in [7, 11) is -3.57. The highest BCUT2D eigenvalue weighted by molar-refractivity contribution is 7.92. The Balaban J connectivity index is 1.75. The molecule has 10 heteroatoms. The van der Waals surface area contributed by atoms with E-state index in [0.717, 1.165) is 48.9 Å². The van der Waals surface area contributed by atoms with E-state index in [0.29, 0.717) is 11.3 Å². The molecule has 1 heterocycles. The molecule has 2 aliphatic rings. The van der Waals surface area contributed by atoms with Crippen LogP contribution in [0.25, 0.3) is 0 Å². The number of nitrogens with one attached hydrogen (secondary N) is 1. The summed E-state index contributed by atoms with van der Waals surface area (Å²) in [6, 6.07) is 7.02. The lowest BCUT2D eigenvalue weighted by Crippen LogP contribution is -2.40. The van der Waals surface area contributed by atoms with Crippen molar-refractivity contribution in [1.82, 2.24) is 0 Å². The molecule has 160 valence electrons. The second kappa shape index (κ2) is 6.63.